The Bertz CT molecular complexity index is 952. The molecule has 1 unspecified atom stereocenters. The predicted molar refractivity (Wildman–Crippen MR) is 98.9 cm³/mol. The van der Waals surface area contributed by atoms with Gasteiger partial charge in [-0.15, -0.1) is 0 Å². The van der Waals surface area contributed by atoms with Crippen LogP contribution < -0.4 is 0 Å². The van der Waals surface area contributed by atoms with Crippen molar-refractivity contribution in [3.63, 3.8) is 0 Å². The van der Waals surface area contributed by atoms with Gasteiger partial charge < -0.3 is 4.42 Å². The summed E-state index contributed by atoms with van der Waals surface area (Å²) >= 11 is 0. The Balaban J connectivity index is 1.71. The molecule has 25 heavy (non-hydrogen) atoms. The lowest BCUT2D eigenvalue weighted by molar-refractivity contribution is 0.515. The van der Waals surface area contributed by atoms with Crippen molar-refractivity contribution in [2.24, 2.45) is 16.1 Å². The van der Waals surface area contributed by atoms with Gasteiger partial charge in [0, 0.05) is 16.7 Å². The highest BCUT2D eigenvalue weighted by Crippen LogP contribution is 2.42. The minimum atomic E-state index is 0.151. The third-order valence-corrected chi connectivity index (χ3v) is 4.64. The first kappa shape index (κ1) is 15.8. The van der Waals surface area contributed by atoms with E-state index in [1.165, 1.54) is 11.1 Å². The van der Waals surface area contributed by atoms with E-state index in [0.29, 0.717) is 11.8 Å². The Kier molecular flexibility index (Phi) is 3.75. The fourth-order valence-electron chi connectivity index (χ4n) is 3.19. The molecule has 2 heterocycles. The van der Waals surface area contributed by atoms with E-state index in [9.17, 15) is 0 Å². The van der Waals surface area contributed by atoms with Gasteiger partial charge in [0.2, 0.25) is 5.89 Å². The minimum absolute atomic E-state index is 0.151. The fraction of sp³-hybridized carbons (Fsp3) is 0.286. The fourth-order valence-corrected chi connectivity index (χ4v) is 3.19. The van der Waals surface area contributed by atoms with Crippen molar-refractivity contribution in [3.8, 4) is 22.7 Å². The van der Waals surface area contributed by atoms with Crippen molar-refractivity contribution in [1.29, 1.82) is 0 Å². The number of aryl methyl sites for hydroxylation is 2. The zero-order valence-corrected chi connectivity index (χ0v) is 14.9. The summed E-state index contributed by atoms with van der Waals surface area (Å²) in [5, 5.41) is 8.73. The molecule has 0 radical (unpaired) electrons. The van der Waals surface area contributed by atoms with Crippen molar-refractivity contribution in [2.75, 3.05) is 0 Å². The molecule has 4 rings (SSSR count). The molecule has 1 atom stereocenters. The molecule has 4 heteroatoms. The van der Waals surface area contributed by atoms with Crippen LogP contribution in [0.2, 0.25) is 0 Å². The lowest BCUT2D eigenvalue weighted by Gasteiger charge is -2.11. The Morgan fingerprint density at radius 3 is 2.40 bits per heavy atom. The molecule has 0 aliphatic carbocycles. The number of rotatable bonds is 3. The molecule has 1 aliphatic heterocycles. The summed E-state index contributed by atoms with van der Waals surface area (Å²) in [6.45, 7) is 8.36. The van der Waals surface area contributed by atoms with Crippen molar-refractivity contribution in [1.82, 2.24) is 4.98 Å². The van der Waals surface area contributed by atoms with E-state index >= 15 is 0 Å². The average molecular weight is 331 g/mol. The highest BCUT2D eigenvalue weighted by atomic mass is 16.4. The monoisotopic (exact) mass is 331 g/mol. The molecule has 1 aliphatic rings. The zero-order valence-electron chi connectivity index (χ0n) is 14.9. The van der Waals surface area contributed by atoms with E-state index in [1.807, 2.05) is 13.0 Å². The lowest BCUT2D eigenvalue weighted by atomic mass is 9.95. The Hall–Kier alpha value is -2.75. The van der Waals surface area contributed by atoms with E-state index in [0.717, 1.165) is 28.3 Å². The number of hydrogen-bond donors (Lipinski definition) is 0. The van der Waals surface area contributed by atoms with E-state index in [1.54, 1.807) is 0 Å². The molecule has 0 saturated carbocycles. The second-order valence-electron chi connectivity index (χ2n) is 6.97. The molecule has 0 saturated heterocycles. The third kappa shape index (κ3) is 2.78. The van der Waals surface area contributed by atoms with Gasteiger partial charge in [-0.2, -0.15) is 10.2 Å². The lowest BCUT2D eigenvalue weighted by Crippen LogP contribution is -2.00. The van der Waals surface area contributed by atoms with Crippen molar-refractivity contribution >= 4 is 5.69 Å². The molecule has 2 aromatic carbocycles. The van der Waals surface area contributed by atoms with Crippen molar-refractivity contribution in [3.05, 3.63) is 59.4 Å². The van der Waals surface area contributed by atoms with Gasteiger partial charge in [0.05, 0.1) is 5.69 Å². The number of aromatic nitrogens is 1. The number of hydrogen-bond acceptors (Lipinski definition) is 4. The average Bonchev–Trinajstić information content (AvgIpc) is 3.18. The van der Waals surface area contributed by atoms with Gasteiger partial charge in [-0.1, -0.05) is 49.7 Å². The zero-order chi connectivity index (χ0) is 17.6. The first-order valence-electron chi connectivity index (χ1n) is 8.62. The van der Waals surface area contributed by atoms with Gasteiger partial charge in [0.1, 0.15) is 17.5 Å². The molecule has 1 aromatic heterocycles. The summed E-state index contributed by atoms with van der Waals surface area (Å²) < 4.78 is 5.94. The summed E-state index contributed by atoms with van der Waals surface area (Å²) in [5.41, 5.74) is 6.22. The number of benzene rings is 2. The normalized spacial score (nSPS) is 15.8. The SMILES string of the molecule is Cc1ccc(-c2nc(-c3ccc4c(c3)N=NC4C(C)C)oc2C)cc1. The van der Waals surface area contributed by atoms with Crippen molar-refractivity contribution < 1.29 is 4.42 Å². The molecule has 0 fully saturated rings. The summed E-state index contributed by atoms with van der Waals surface area (Å²) in [6.07, 6.45) is 0. The maximum Gasteiger partial charge on any atom is 0.226 e. The predicted octanol–water partition coefficient (Wildman–Crippen LogP) is 6.42. The van der Waals surface area contributed by atoms with Crippen LogP contribution >= 0.6 is 0 Å². The number of oxazole rings is 1. The summed E-state index contributed by atoms with van der Waals surface area (Å²) in [4.78, 5) is 4.72. The quantitative estimate of drug-likeness (QED) is 0.556. The molecule has 0 spiro atoms. The van der Waals surface area contributed by atoms with Crippen LogP contribution in [-0.4, -0.2) is 4.98 Å². The second-order valence-corrected chi connectivity index (χ2v) is 6.97. The second kappa shape index (κ2) is 5.96. The van der Waals surface area contributed by atoms with Crippen LogP contribution in [0, 0.1) is 19.8 Å². The van der Waals surface area contributed by atoms with E-state index in [4.69, 9.17) is 9.40 Å². The van der Waals surface area contributed by atoms with Gasteiger partial charge in [0.15, 0.2) is 0 Å². The summed E-state index contributed by atoms with van der Waals surface area (Å²) in [7, 11) is 0. The Morgan fingerprint density at radius 2 is 1.68 bits per heavy atom. The maximum atomic E-state index is 5.94. The van der Waals surface area contributed by atoms with Crippen LogP contribution in [0.15, 0.2) is 57.1 Å². The standard InChI is InChI=1S/C21H21N3O/c1-12(2)19-17-10-9-16(11-18(17)23-24-19)21-22-20(14(4)25-21)15-7-5-13(3)6-8-15/h5-12,19H,1-4H3. The number of azo groups is 1. The van der Waals surface area contributed by atoms with Crippen molar-refractivity contribution in [2.45, 2.75) is 33.7 Å². The first-order valence-corrected chi connectivity index (χ1v) is 8.62. The highest BCUT2D eigenvalue weighted by Gasteiger charge is 2.24. The minimum Gasteiger partial charge on any atom is -0.441 e. The molecule has 0 bridgehead atoms. The van der Waals surface area contributed by atoms with Gasteiger partial charge in [0.25, 0.3) is 0 Å². The molecule has 0 N–H and O–H groups in total. The van der Waals surface area contributed by atoms with Gasteiger partial charge in [-0.25, -0.2) is 4.98 Å². The summed E-state index contributed by atoms with van der Waals surface area (Å²) in [5.74, 6) is 1.88. The molecule has 4 nitrogen and oxygen atoms in total. The molecular weight excluding hydrogens is 310 g/mol. The smallest absolute Gasteiger partial charge is 0.226 e. The maximum absolute atomic E-state index is 5.94. The van der Waals surface area contributed by atoms with Gasteiger partial charge in [-0.05, 0) is 31.9 Å². The van der Waals surface area contributed by atoms with Crippen LogP contribution in [0.25, 0.3) is 22.7 Å². The van der Waals surface area contributed by atoms with Crippen LogP contribution in [-0.2, 0) is 0 Å². The van der Waals surface area contributed by atoms with Gasteiger partial charge >= 0.3 is 0 Å². The number of nitrogens with zero attached hydrogens (tertiary/aromatic N) is 3. The van der Waals surface area contributed by atoms with Crippen LogP contribution in [0.3, 0.4) is 0 Å². The van der Waals surface area contributed by atoms with E-state index < -0.39 is 0 Å². The van der Waals surface area contributed by atoms with E-state index in [2.05, 4.69) is 67.4 Å². The number of fused-ring (bicyclic) bond motifs is 1. The molecule has 3 aromatic rings. The third-order valence-electron chi connectivity index (χ3n) is 4.64. The largest absolute Gasteiger partial charge is 0.441 e. The van der Waals surface area contributed by atoms with Crippen LogP contribution in [0.4, 0.5) is 5.69 Å². The van der Waals surface area contributed by atoms with Crippen LogP contribution in [0.1, 0.15) is 36.8 Å². The Labute approximate surface area is 147 Å². The molecular formula is C21H21N3O. The van der Waals surface area contributed by atoms with Crippen LogP contribution in [0.5, 0.6) is 0 Å². The highest BCUT2D eigenvalue weighted by molar-refractivity contribution is 5.68. The van der Waals surface area contributed by atoms with Gasteiger partial charge in [-0.3, -0.25) is 0 Å². The van der Waals surface area contributed by atoms with E-state index in [-0.39, 0.29) is 6.04 Å². The Morgan fingerprint density at radius 1 is 0.960 bits per heavy atom. The topological polar surface area (TPSA) is 50.8 Å². The summed E-state index contributed by atoms with van der Waals surface area (Å²) in [6, 6.07) is 14.7. The molecule has 0 amide bonds. The first-order chi connectivity index (χ1) is 12.0. The molecule has 126 valence electrons.